The summed E-state index contributed by atoms with van der Waals surface area (Å²) >= 11 is 0. The summed E-state index contributed by atoms with van der Waals surface area (Å²) in [5, 5.41) is 0. The molecule has 3 aromatic rings. The first kappa shape index (κ1) is 8.97. The van der Waals surface area contributed by atoms with E-state index in [0.29, 0.717) is 11.6 Å². The molecule has 0 aliphatic heterocycles. The molecule has 3 nitrogen and oxygen atoms in total. The van der Waals surface area contributed by atoms with E-state index in [0.717, 1.165) is 16.7 Å². The molecule has 0 bridgehead atoms. The standard InChI is InChI=1S/C13H10N2O/c14-10-7-4-8-11-12(10)15-13(16-11)9-5-2-1-3-6-9/h1-8H,14H2. The minimum atomic E-state index is 0.605. The molecule has 3 rings (SSSR count). The summed E-state index contributed by atoms with van der Waals surface area (Å²) in [5.41, 5.74) is 8.87. The number of fused-ring (bicyclic) bond motifs is 1. The van der Waals surface area contributed by atoms with Crippen molar-refractivity contribution in [2.75, 3.05) is 5.73 Å². The summed E-state index contributed by atoms with van der Waals surface area (Å²) in [6, 6.07) is 15.3. The van der Waals surface area contributed by atoms with Crippen molar-refractivity contribution in [3.63, 3.8) is 0 Å². The first-order valence-corrected chi connectivity index (χ1v) is 5.05. The van der Waals surface area contributed by atoms with Gasteiger partial charge in [0.05, 0.1) is 5.69 Å². The van der Waals surface area contributed by atoms with E-state index in [9.17, 15) is 0 Å². The van der Waals surface area contributed by atoms with Gasteiger partial charge in [-0.3, -0.25) is 0 Å². The molecule has 0 amide bonds. The van der Waals surface area contributed by atoms with E-state index >= 15 is 0 Å². The van der Waals surface area contributed by atoms with Crippen molar-refractivity contribution in [2.24, 2.45) is 0 Å². The Kier molecular flexibility index (Phi) is 1.90. The lowest BCUT2D eigenvalue weighted by molar-refractivity contribution is 0.620. The van der Waals surface area contributed by atoms with Crippen LogP contribution >= 0.6 is 0 Å². The molecule has 0 unspecified atom stereocenters. The van der Waals surface area contributed by atoms with Gasteiger partial charge in [0.15, 0.2) is 5.58 Å². The molecule has 0 aliphatic carbocycles. The Morgan fingerprint density at radius 2 is 1.75 bits per heavy atom. The molecular weight excluding hydrogens is 200 g/mol. The Bertz CT molecular complexity index is 629. The smallest absolute Gasteiger partial charge is 0.227 e. The van der Waals surface area contributed by atoms with Gasteiger partial charge in [0, 0.05) is 5.56 Å². The molecule has 2 aromatic carbocycles. The zero-order chi connectivity index (χ0) is 11.0. The van der Waals surface area contributed by atoms with Crippen LogP contribution < -0.4 is 5.73 Å². The number of benzene rings is 2. The minimum Gasteiger partial charge on any atom is -0.436 e. The lowest BCUT2D eigenvalue weighted by Gasteiger charge is -1.91. The molecule has 0 saturated carbocycles. The maximum atomic E-state index is 5.83. The molecule has 0 aliphatic rings. The summed E-state index contributed by atoms with van der Waals surface area (Å²) in [6.45, 7) is 0. The third kappa shape index (κ3) is 1.34. The van der Waals surface area contributed by atoms with Gasteiger partial charge in [-0.2, -0.15) is 0 Å². The summed E-state index contributed by atoms with van der Waals surface area (Å²) in [5.74, 6) is 0.605. The van der Waals surface area contributed by atoms with Gasteiger partial charge >= 0.3 is 0 Å². The van der Waals surface area contributed by atoms with Crippen LogP contribution in [0.4, 0.5) is 5.69 Å². The van der Waals surface area contributed by atoms with Gasteiger partial charge in [0.1, 0.15) is 5.52 Å². The van der Waals surface area contributed by atoms with Gasteiger partial charge in [0.25, 0.3) is 0 Å². The number of oxazole rings is 1. The van der Waals surface area contributed by atoms with Crippen molar-refractivity contribution in [3.05, 3.63) is 48.5 Å². The Hall–Kier alpha value is -2.29. The number of anilines is 1. The number of aromatic nitrogens is 1. The third-order valence-corrected chi connectivity index (χ3v) is 2.47. The number of para-hydroxylation sites is 1. The largest absolute Gasteiger partial charge is 0.436 e. The van der Waals surface area contributed by atoms with Gasteiger partial charge in [-0.05, 0) is 24.3 Å². The van der Waals surface area contributed by atoms with Crippen LogP contribution in [-0.4, -0.2) is 4.98 Å². The Balaban J connectivity index is 2.23. The van der Waals surface area contributed by atoms with E-state index in [1.165, 1.54) is 0 Å². The van der Waals surface area contributed by atoms with Crippen LogP contribution in [0.2, 0.25) is 0 Å². The fourth-order valence-electron chi connectivity index (χ4n) is 1.67. The fourth-order valence-corrected chi connectivity index (χ4v) is 1.67. The first-order valence-electron chi connectivity index (χ1n) is 5.05. The quantitative estimate of drug-likeness (QED) is 0.628. The highest BCUT2D eigenvalue weighted by atomic mass is 16.3. The molecule has 0 spiro atoms. The van der Waals surface area contributed by atoms with E-state index in [2.05, 4.69) is 4.98 Å². The number of hydrogen-bond acceptors (Lipinski definition) is 3. The van der Waals surface area contributed by atoms with Crippen molar-refractivity contribution in [1.29, 1.82) is 0 Å². The maximum Gasteiger partial charge on any atom is 0.227 e. The highest BCUT2D eigenvalue weighted by Gasteiger charge is 2.08. The van der Waals surface area contributed by atoms with Gasteiger partial charge in [0.2, 0.25) is 5.89 Å². The van der Waals surface area contributed by atoms with E-state index < -0.39 is 0 Å². The highest BCUT2D eigenvalue weighted by molar-refractivity contribution is 5.87. The van der Waals surface area contributed by atoms with Gasteiger partial charge in [-0.15, -0.1) is 0 Å². The Labute approximate surface area is 92.5 Å². The molecule has 16 heavy (non-hydrogen) atoms. The summed E-state index contributed by atoms with van der Waals surface area (Å²) in [6.07, 6.45) is 0. The second-order valence-electron chi connectivity index (χ2n) is 3.58. The number of nitrogens with two attached hydrogens (primary N) is 1. The van der Waals surface area contributed by atoms with Crippen LogP contribution in [0.15, 0.2) is 52.9 Å². The van der Waals surface area contributed by atoms with Crippen molar-refractivity contribution < 1.29 is 4.42 Å². The van der Waals surface area contributed by atoms with Gasteiger partial charge in [-0.1, -0.05) is 24.3 Å². The summed E-state index contributed by atoms with van der Waals surface area (Å²) in [7, 11) is 0. The van der Waals surface area contributed by atoms with Crippen molar-refractivity contribution in [3.8, 4) is 11.5 Å². The second kappa shape index (κ2) is 3.38. The average molecular weight is 210 g/mol. The molecule has 0 atom stereocenters. The first-order chi connectivity index (χ1) is 7.84. The fraction of sp³-hybridized carbons (Fsp3) is 0. The zero-order valence-corrected chi connectivity index (χ0v) is 8.55. The van der Waals surface area contributed by atoms with E-state index in [-0.39, 0.29) is 0 Å². The summed E-state index contributed by atoms with van der Waals surface area (Å²) < 4.78 is 5.64. The molecule has 1 aromatic heterocycles. The molecule has 2 N–H and O–H groups in total. The number of nitrogen functional groups attached to an aromatic ring is 1. The lowest BCUT2D eigenvalue weighted by Crippen LogP contribution is -1.85. The number of nitrogens with zero attached hydrogens (tertiary/aromatic N) is 1. The summed E-state index contributed by atoms with van der Waals surface area (Å²) in [4.78, 5) is 4.39. The SMILES string of the molecule is Nc1cccc2oc(-c3ccccc3)nc12. The van der Waals surface area contributed by atoms with Crippen LogP contribution in [0.25, 0.3) is 22.6 Å². The van der Waals surface area contributed by atoms with Gasteiger partial charge in [-0.25, -0.2) is 4.98 Å². The molecule has 0 fully saturated rings. The molecule has 3 heteroatoms. The molecule has 0 radical (unpaired) electrons. The van der Waals surface area contributed by atoms with E-state index in [1.807, 2.05) is 48.5 Å². The van der Waals surface area contributed by atoms with Crippen molar-refractivity contribution >= 4 is 16.8 Å². The van der Waals surface area contributed by atoms with Crippen LogP contribution in [0, 0.1) is 0 Å². The maximum absolute atomic E-state index is 5.83. The van der Waals surface area contributed by atoms with Crippen LogP contribution in [-0.2, 0) is 0 Å². The average Bonchev–Trinajstić information content (AvgIpc) is 2.76. The van der Waals surface area contributed by atoms with Crippen molar-refractivity contribution in [1.82, 2.24) is 4.98 Å². The van der Waals surface area contributed by atoms with Crippen LogP contribution in [0.3, 0.4) is 0 Å². The Morgan fingerprint density at radius 3 is 2.50 bits per heavy atom. The molecule has 0 saturated heterocycles. The topological polar surface area (TPSA) is 52.0 Å². The molecule has 1 heterocycles. The van der Waals surface area contributed by atoms with Crippen LogP contribution in [0.1, 0.15) is 0 Å². The predicted molar refractivity (Wildman–Crippen MR) is 63.9 cm³/mol. The molecule has 78 valence electrons. The second-order valence-corrected chi connectivity index (χ2v) is 3.58. The number of hydrogen-bond donors (Lipinski definition) is 1. The normalized spacial score (nSPS) is 10.8. The highest BCUT2D eigenvalue weighted by Crippen LogP contribution is 2.26. The molecular formula is C13H10N2O. The van der Waals surface area contributed by atoms with Crippen molar-refractivity contribution in [2.45, 2.75) is 0 Å². The minimum absolute atomic E-state index is 0.605. The van der Waals surface area contributed by atoms with E-state index in [1.54, 1.807) is 0 Å². The monoisotopic (exact) mass is 210 g/mol. The predicted octanol–water partition coefficient (Wildman–Crippen LogP) is 3.08. The van der Waals surface area contributed by atoms with Crippen LogP contribution in [0.5, 0.6) is 0 Å². The zero-order valence-electron chi connectivity index (χ0n) is 8.55. The number of rotatable bonds is 1. The third-order valence-electron chi connectivity index (χ3n) is 2.47. The van der Waals surface area contributed by atoms with Gasteiger partial charge < -0.3 is 10.2 Å². The van der Waals surface area contributed by atoms with E-state index in [4.69, 9.17) is 10.2 Å². The Morgan fingerprint density at radius 1 is 0.938 bits per heavy atom. The lowest BCUT2D eigenvalue weighted by atomic mass is 10.2.